The minimum absolute atomic E-state index is 0.0797. The predicted octanol–water partition coefficient (Wildman–Crippen LogP) is 21.1. The maximum absolute atomic E-state index is 12.9. The number of phosphoric ester groups is 2. The lowest BCUT2D eigenvalue weighted by Crippen LogP contribution is -2.30. The van der Waals surface area contributed by atoms with Crippen LogP contribution in [-0.4, -0.2) is 95.9 Å². The number of ether oxygens (including phenoxy) is 3. The van der Waals surface area contributed by atoms with Crippen LogP contribution in [0.25, 0.3) is 0 Å². The van der Waals surface area contributed by atoms with Gasteiger partial charge in [-0.3, -0.25) is 32.5 Å². The molecule has 4 N–H and O–H groups in total. The number of allylic oxidation sites excluding steroid dienone is 26. The summed E-state index contributed by atoms with van der Waals surface area (Å²) in [5.74, 6) is -1.66. The highest BCUT2D eigenvalue weighted by Crippen LogP contribution is 2.45. The largest absolute Gasteiger partial charge is 0.472 e. The molecule has 0 heterocycles. The highest BCUT2D eigenvalue weighted by atomic mass is 31.2. The highest BCUT2D eigenvalue weighted by Gasteiger charge is 2.29. The molecule has 0 amide bonds. The zero-order chi connectivity index (χ0) is 70.9. The highest BCUT2D eigenvalue weighted by molar-refractivity contribution is 7.47. The van der Waals surface area contributed by atoms with Gasteiger partial charge in [-0.25, -0.2) is 9.13 Å². The summed E-state index contributed by atoms with van der Waals surface area (Å²) in [6, 6.07) is 0. The van der Waals surface area contributed by atoms with Crippen LogP contribution in [0.15, 0.2) is 158 Å². The monoisotopic (exact) mass is 1400 g/mol. The van der Waals surface area contributed by atoms with Crippen LogP contribution in [0.1, 0.15) is 265 Å². The zero-order valence-corrected chi connectivity index (χ0v) is 61.7. The van der Waals surface area contributed by atoms with Crippen molar-refractivity contribution >= 4 is 33.6 Å². The Morgan fingerprint density at radius 2 is 0.546 bits per heavy atom. The number of hydrogen-bond donors (Lipinski definition) is 4. The van der Waals surface area contributed by atoms with Crippen LogP contribution in [-0.2, 0) is 55.8 Å². The second-order valence-corrected chi connectivity index (χ2v) is 26.9. The van der Waals surface area contributed by atoms with Crippen molar-refractivity contribution in [3.63, 3.8) is 0 Å². The van der Waals surface area contributed by atoms with Crippen LogP contribution >= 0.6 is 15.6 Å². The van der Waals surface area contributed by atoms with Gasteiger partial charge in [0, 0.05) is 19.3 Å². The summed E-state index contributed by atoms with van der Waals surface area (Å²) in [6.07, 6.45) is 87.2. The van der Waals surface area contributed by atoms with Crippen molar-refractivity contribution in [2.75, 3.05) is 39.6 Å². The van der Waals surface area contributed by atoms with E-state index in [9.17, 15) is 43.5 Å². The molecule has 0 bridgehead atoms. The van der Waals surface area contributed by atoms with Crippen molar-refractivity contribution in [2.45, 2.75) is 283 Å². The second-order valence-electron chi connectivity index (χ2n) is 24.0. The average Bonchev–Trinajstić information content (AvgIpc) is 1.82. The molecule has 5 unspecified atom stereocenters. The van der Waals surface area contributed by atoms with Crippen molar-refractivity contribution in [2.24, 2.45) is 0 Å². The topological polar surface area (TPSA) is 231 Å². The van der Waals surface area contributed by atoms with Gasteiger partial charge in [-0.05, 0) is 148 Å². The summed E-state index contributed by atoms with van der Waals surface area (Å²) in [4.78, 5) is 58.5. The van der Waals surface area contributed by atoms with Crippen LogP contribution in [0.2, 0.25) is 0 Å². The first-order valence-electron chi connectivity index (χ1n) is 36.8. The van der Waals surface area contributed by atoms with E-state index in [1.54, 1.807) is 0 Å². The average molecular weight is 1400 g/mol. The van der Waals surface area contributed by atoms with Gasteiger partial charge in [-0.15, -0.1) is 0 Å². The van der Waals surface area contributed by atoms with E-state index in [-0.39, 0.29) is 19.3 Å². The van der Waals surface area contributed by atoms with E-state index >= 15 is 0 Å². The van der Waals surface area contributed by atoms with Gasteiger partial charge in [0.25, 0.3) is 0 Å². The Morgan fingerprint density at radius 1 is 0.299 bits per heavy atom. The van der Waals surface area contributed by atoms with E-state index < -0.39 is 91.5 Å². The molecule has 0 saturated carbocycles. The molecule has 0 rings (SSSR count). The van der Waals surface area contributed by atoms with Gasteiger partial charge in [0.15, 0.2) is 6.10 Å². The number of carbonyl (C=O) groups excluding carboxylic acids is 3. The molecule has 18 heteroatoms. The third kappa shape index (κ3) is 72.2. The van der Waals surface area contributed by atoms with E-state index in [2.05, 4.69) is 179 Å². The van der Waals surface area contributed by atoms with E-state index in [0.29, 0.717) is 19.3 Å². The Balaban J connectivity index is 4.69. The van der Waals surface area contributed by atoms with Crippen LogP contribution in [0.3, 0.4) is 0 Å². The molecule has 0 aromatic carbocycles. The van der Waals surface area contributed by atoms with E-state index in [1.807, 2.05) is 0 Å². The predicted molar refractivity (Wildman–Crippen MR) is 399 cm³/mol. The molecular weight excluding hydrogens is 1270 g/mol. The second kappa shape index (κ2) is 71.0. The van der Waals surface area contributed by atoms with Crippen LogP contribution in [0.4, 0.5) is 0 Å². The molecule has 0 fully saturated rings. The minimum atomic E-state index is -4.95. The molecule has 97 heavy (non-hydrogen) atoms. The number of esters is 3. The van der Waals surface area contributed by atoms with Crippen LogP contribution in [0.5, 0.6) is 0 Å². The number of aliphatic hydroxyl groups is 2. The van der Waals surface area contributed by atoms with Gasteiger partial charge < -0.3 is 34.2 Å². The summed E-state index contributed by atoms with van der Waals surface area (Å²) < 4.78 is 61.0. The molecule has 0 radical (unpaired) electrons. The SMILES string of the molecule is CC/C=C\C/C=C\C/C=C\C/C=C\C/C=C\C/C=C\CCCCCCCCC(=O)OCC(O)COP(=O)(O)OCC(O)COP(=O)(O)OCC(COC(=O)CCCC/C=C\C/C=C\C/C=C\C/C=C\C/C=C\C/C=C\CC)OC(=O)CCCCCCC/C=C\CCCCCCCC. The number of carbonyl (C=O) groups is 3. The van der Waals surface area contributed by atoms with Crippen LogP contribution < -0.4 is 0 Å². The third-order valence-electron chi connectivity index (χ3n) is 14.7. The summed E-state index contributed by atoms with van der Waals surface area (Å²) in [7, 11) is -9.81. The fraction of sp³-hybridized carbons (Fsp3) is 0.633. The first kappa shape index (κ1) is 92.2. The van der Waals surface area contributed by atoms with Gasteiger partial charge in [0.05, 0.1) is 26.4 Å². The summed E-state index contributed by atoms with van der Waals surface area (Å²) in [5.41, 5.74) is 0. The number of hydrogen-bond acceptors (Lipinski definition) is 14. The molecule has 0 aliphatic rings. The fourth-order valence-corrected chi connectivity index (χ4v) is 10.7. The van der Waals surface area contributed by atoms with E-state index in [1.165, 1.54) is 38.5 Å². The van der Waals surface area contributed by atoms with E-state index in [4.69, 9.17) is 32.3 Å². The molecule has 0 aromatic heterocycles. The number of phosphoric acid groups is 2. The first-order valence-corrected chi connectivity index (χ1v) is 39.8. The van der Waals surface area contributed by atoms with Gasteiger partial charge in [-0.2, -0.15) is 0 Å². The van der Waals surface area contributed by atoms with Crippen molar-refractivity contribution in [1.29, 1.82) is 0 Å². The van der Waals surface area contributed by atoms with Crippen molar-refractivity contribution in [3.05, 3.63) is 158 Å². The minimum Gasteiger partial charge on any atom is -0.463 e. The summed E-state index contributed by atoms with van der Waals surface area (Å²) in [6.45, 7) is 2.34. The van der Waals surface area contributed by atoms with Crippen molar-refractivity contribution in [1.82, 2.24) is 0 Å². The standard InChI is InChI=1S/C79H130O16P2/c1-4-7-10-13-16-19-22-25-28-30-32-34-35-36-37-39-41-42-45-47-50-53-56-59-62-65-77(82)89-68-74(80)69-91-96(85,86)92-70-75(81)71-93-97(87,88)94-73-76(95-79(84)67-64-61-58-55-52-49-44-27-24-21-18-15-12-9-6-3)72-90-78(83)66-63-60-57-54-51-48-46-43-40-38-33-31-29-26-23-20-17-14-11-8-5-2/h7-8,10-11,16-17,19-20,25-29,32-34,36-38,41-44,46,51,54,74-76,80-81H,4-6,9,12-15,18,21-24,30-31,35,39-40,45,47-50,52-53,55-73H2,1-3H3,(H,85,86)(H,87,88)/b10-7-,11-8-,19-16-,20-17-,28-25-,29-26-,34-32-,37-36-,38-33-,42-41-,44-27-,46-43-,54-51-. The number of unbranched alkanes of at least 4 members (excludes halogenated alkanes) is 19. The number of rotatable bonds is 68. The van der Waals surface area contributed by atoms with E-state index in [0.717, 1.165) is 167 Å². The maximum Gasteiger partial charge on any atom is 0.472 e. The zero-order valence-electron chi connectivity index (χ0n) is 59.9. The Labute approximate surface area is 587 Å². The third-order valence-corrected chi connectivity index (χ3v) is 16.6. The van der Waals surface area contributed by atoms with Gasteiger partial charge in [0.2, 0.25) is 0 Å². The Morgan fingerprint density at radius 3 is 0.897 bits per heavy atom. The lowest BCUT2D eigenvalue weighted by Gasteiger charge is -2.21. The van der Waals surface area contributed by atoms with Gasteiger partial charge >= 0.3 is 33.6 Å². The summed E-state index contributed by atoms with van der Waals surface area (Å²) >= 11 is 0. The molecule has 0 spiro atoms. The van der Waals surface area contributed by atoms with Crippen molar-refractivity contribution < 1.29 is 75.8 Å². The Bertz CT molecular complexity index is 2400. The molecule has 5 atom stereocenters. The molecular formula is C79H130O16P2. The quantitative estimate of drug-likeness (QED) is 0.0146. The maximum atomic E-state index is 12.9. The number of aliphatic hydroxyl groups excluding tert-OH is 2. The Hall–Kier alpha value is -4.83. The molecule has 16 nitrogen and oxygen atoms in total. The molecule has 0 aliphatic heterocycles. The molecule has 0 aromatic rings. The van der Waals surface area contributed by atoms with Gasteiger partial charge in [-0.1, -0.05) is 256 Å². The molecule has 0 aliphatic carbocycles. The van der Waals surface area contributed by atoms with Crippen molar-refractivity contribution in [3.8, 4) is 0 Å². The normalized spacial score (nSPS) is 15.0. The fourth-order valence-electron chi connectivity index (χ4n) is 9.16. The first-order chi connectivity index (χ1) is 47.2. The lowest BCUT2D eigenvalue weighted by atomic mass is 10.1. The summed E-state index contributed by atoms with van der Waals surface area (Å²) in [5, 5.41) is 20.6. The van der Waals surface area contributed by atoms with Crippen LogP contribution in [0, 0.1) is 0 Å². The smallest absolute Gasteiger partial charge is 0.463 e. The molecule has 552 valence electrons. The Kier molecular flexibility index (Phi) is 67.5. The lowest BCUT2D eigenvalue weighted by molar-refractivity contribution is -0.161. The molecule has 0 saturated heterocycles. The van der Waals surface area contributed by atoms with Gasteiger partial charge in [0.1, 0.15) is 25.4 Å².